The van der Waals surface area contributed by atoms with Gasteiger partial charge in [0.05, 0.1) is 11.9 Å². The Balaban J connectivity index is 1.14. The Hall–Kier alpha value is -2.66. The molecule has 5 aliphatic rings. The Morgan fingerprint density at radius 1 is 0.979 bits per heavy atom. The number of aryl methyl sites for hydroxylation is 1. The predicted octanol–water partition coefficient (Wildman–Crippen LogP) is 9.91. The molecule has 5 aliphatic carbocycles. The number of carbonyl (C=O) groups is 1. The van der Waals surface area contributed by atoms with Gasteiger partial charge in [0, 0.05) is 25.5 Å². The summed E-state index contributed by atoms with van der Waals surface area (Å²) in [5, 5.41) is 13.5. The third kappa shape index (κ3) is 5.03. The zero-order chi connectivity index (χ0) is 34.1. The maximum Gasteiger partial charge on any atom is 0.335 e. The SMILES string of the molecule is C=C(C)[C@@H]1CC[C@]2(CNCCCn3ccnc3)CC[C@]3(C)C(CC[C@@H]4[C@@]5(C)CC=C(c6ccc(C(=O)O)cc6)C(C)(C)[C@@H]5CC[C@]43C)[C@@H]12. The Bertz CT molecular complexity index is 1560. The summed E-state index contributed by atoms with van der Waals surface area (Å²) in [6.45, 7) is 23.3. The van der Waals surface area contributed by atoms with Gasteiger partial charge < -0.3 is 15.0 Å². The fraction of sp³-hybridized carbons (Fsp3) is 0.674. The first-order chi connectivity index (χ1) is 22.8. The number of aromatic carboxylic acids is 1. The zero-order valence-electron chi connectivity index (χ0n) is 30.7. The first-order valence-corrected chi connectivity index (χ1v) is 19.1. The third-order valence-electron chi connectivity index (χ3n) is 16.1. The van der Waals surface area contributed by atoms with Crippen molar-refractivity contribution in [3.05, 3.63) is 72.3 Å². The molecule has 1 aromatic heterocycles. The molecule has 1 heterocycles. The second-order valence-electron chi connectivity index (χ2n) is 18.3. The number of aromatic nitrogens is 2. The van der Waals surface area contributed by atoms with E-state index in [-0.39, 0.29) is 10.8 Å². The van der Waals surface area contributed by atoms with Crippen molar-refractivity contribution < 1.29 is 9.90 Å². The first-order valence-electron chi connectivity index (χ1n) is 19.1. The molecule has 0 aliphatic heterocycles. The van der Waals surface area contributed by atoms with Crippen LogP contribution in [0.3, 0.4) is 0 Å². The van der Waals surface area contributed by atoms with Crippen molar-refractivity contribution in [3.8, 4) is 0 Å². The van der Waals surface area contributed by atoms with E-state index in [1.165, 1.54) is 68.1 Å². The van der Waals surface area contributed by atoms with Crippen LogP contribution in [0.4, 0.5) is 0 Å². The molecule has 1 aromatic carbocycles. The minimum Gasteiger partial charge on any atom is -0.478 e. The van der Waals surface area contributed by atoms with Gasteiger partial charge in [-0.3, -0.25) is 0 Å². The molecule has 0 bridgehead atoms. The number of hydrogen-bond donors (Lipinski definition) is 2. The van der Waals surface area contributed by atoms with Crippen LogP contribution in [0.1, 0.15) is 122 Å². The molecular formula is C43H61N3O2. The summed E-state index contributed by atoms with van der Waals surface area (Å²) >= 11 is 0. The normalized spacial score (nSPS) is 39.8. The quantitative estimate of drug-likeness (QED) is 0.209. The van der Waals surface area contributed by atoms with E-state index in [1.54, 1.807) is 12.1 Å². The number of carboxylic acid groups (broad SMARTS) is 1. The maximum atomic E-state index is 11.5. The highest BCUT2D eigenvalue weighted by Crippen LogP contribution is 2.77. The minimum atomic E-state index is -0.855. The number of benzene rings is 1. The lowest BCUT2D eigenvalue weighted by atomic mass is 9.32. The average Bonchev–Trinajstić information content (AvgIpc) is 3.70. The van der Waals surface area contributed by atoms with Crippen LogP contribution in [0.25, 0.3) is 5.57 Å². The smallest absolute Gasteiger partial charge is 0.335 e. The predicted molar refractivity (Wildman–Crippen MR) is 195 cm³/mol. The van der Waals surface area contributed by atoms with Crippen molar-refractivity contribution >= 4 is 11.5 Å². The van der Waals surface area contributed by atoms with Crippen molar-refractivity contribution in [2.24, 2.45) is 56.7 Å². The molecule has 5 nitrogen and oxygen atoms in total. The molecule has 2 aromatic rings. The number of nitrogens with one attached hydrogen (secondary N) is 1. The highest BCUT2D eigenvalue weighted by atomic mass is 16.4. The lowest BCUT2D eigenvalue weighted by Gasteiger charge is -2.72. The molecule has 0 amide bonds. The monoisotopic (exact) mass is 651 g/mol. The molecule has 4 saturated carbocycles. The number of allylic oxidation sites excluding steroid dienone is 3. The summed E-state index contributed by atoms with van der Waals surface area (Å²) < 4.78 is 2.19. The summed E-state index contributed by atoms with van der Waals surface area (Å²) in [7, 11) is 0. The Labute approximate surface area is 290 Å². The van der Waals surface area contributed by atoms with Crippen molar-refractivity contribution in [1.29, 1.82) is 0 Å². The molecular weight excluding hydrogens is 590 g/mol. The summed E-state index contributed by atoms with van der Waals surface area (Å²) in [6, 6.07) is 7.65. The van der Waals surface area contributed by atoms with E-state index in [9.17, 15) is 9.90 Å². The molecule has 48 heavy (non-hydrogen) atoms. The van der Waals surface area contributed by atoms with Gasteiger partial charge in [0.15, 0.2) is 0 Å². The fourth-order valence-electron chi connectivity index (χ4n) is 13.6. The van der Waals surface area contributed by atoms with Crippen LogP contribution in [0.2, 0.25) is 0 Å². The van der Waals surface area contributed by atoms with E-state index in [0.29, 0.717) is 33.6 Å². The first kappa shape index (κ1) is 33.8. The molecule has 0 radical (unpaired) electrons. The Morgan fingerprint density at radius 3 is 2.44 bits per heavy atom. The van der Waals surface area contributed by atoms with Gasteiger partial charge in [-0.1, -0.05) is 65.0 Å². The van der Waals surface area contributed by atoms with Crippen LogP contribution in [0.5, 0.6) is 0 Å². The van der Waals surface area contributed by atoms with E-state index >= 15 is 0 Å². The molecule has 1 unspecified atom stereocenters. The van der Waals surface area contributed by atoms with E-state index in [4.69, 9.17) is 0 Å². The van der Waals surface area contributed by atoms with Gasteiger partial charge in [-0.05, 0) is 158 Å². The van der Waals surface area contributed by atoms with Crippen molar-refractivity contribution in [2.45, 2.75) is 112 Å². The summed E-state index contributed by atoms with van der Waals surface area (Å²) in [5.74, 6) is 2.63. The molecule has 260 valence electrons. The highest BCUT2D eigenvalue weighted by molar-refractivity contribution is 5.88. The average molecular weight is 652 g/mol. The van der Waals surface area contributed by atoms with Gasteiger partial charge in [-0.15, -0.1) is 0 Å². The topological polar surface area (TPSA) is 67.2 Å². The minimum absolute atomic E-state index is 0.0403. The van der Waals surface area contributed by atoms with Gasteiger partial charge in [0.25, 0.3) is 0 Å². The van der Waals surface area contributed by atoms with Gasteiger partial charge in [-0.2, -0.15) is 0 Å². The summed E-state index contributed by atoms with van der Waals surface area (Å²) in [6.07, 6.45) is 21.4. The largest absolute Gasteiger partial charge is 0.478 e. The lowest BCUT2D eigenvalue weighted by molar-refractivity contribution is -0.225. The van der Waals surface area contributed by atoms with Crippen LogP contribution in [0.15, 0.2) is 61.2 Å². The fourth-order valence-corrected chi connectivity index (χ4v) is 13.6. The van der Waals surface area contributed by atoms with E-state index in [2.05, 4.69) is 75.3 Å². The number of hydrogen-bond acceptors (Lipinski definition) is 3. The second-order valence-corrected chi connectivity index (χ2v) is 18.3. The molecule has 0 saturated heterocycles. The molecule has 7 rings (SSSR count). The van der Waals surface area contributed by atoms with Crippen LogP contribution in [-0.4, -0.2) is 33.7 Å². The van der Waals surface area contributed by atoms with Crippen molar-refractivity contribution in [2.75, 3.05) is 13.1 Å². The number of rotatable bonds is 9. The third-order valence-corrected chi connectivity index (χ3v) is 16.1. The number of imidazole rings is 1. The van der Waals surface area contributed by atoms with Gasteiger partial charge >= 0.3 is 5.97 Å². The van der Waals surface area contributed by atoms with Crippen LogP contribution in [-0.2, 0) is 6.54 Å². The maximum absolute atomic E-state index is 11.5. The van der Waals surface area contributed by atoms with Crippen molar-refractivity contribution in [3.63, 3.8) is 0 Å². The number of nitrogens with zero attached hydrogens (tertiary/aromatic N) is 2. The summed E-state index contributed by atoms with van der Waals surface area (Å²) in [5.41, 5.74) is 5.79. The molecule has 4 fully saturated rings. The Morgan fingerprint density at radius 2 is 1.75 bits per heavy atom. The molecule has 5 heteroatoms. The second kappa shape index (κ2) is 12.0. The summed E-state index contributed by atoms with van der Waals surface area (Å²) in [4.78, 5) is 15.8. The molecule has 0 spiro atoms. The zero-order valence-corrected chi connectivity index (χ0v) is 30.7. The van der Waals surface area contributed by atoms with E-state index in [1.807, 2.05) is 24.7 Å². The van der Waals surface area contributed by atoms with Crippen LogP contribution in [0, 0.1) is 56.7 Å². The molecule has 2 N–H and O–H groups in total. The van der Waals surface area contributed by atoms with Gasteiger partial charge in [-0.25, -0.2) is 9.78 Å². The number of fused-ring (bicyclic) bond motifs is 7. The van der Waals surface area contributed by atoms with Gasteiger partial charge in [0.2, 0.25) is 0 Å². The van der Waals surface area contributed by atoms with E-state index in [0.717, 1.165) is 50.2 Å². The lowest BCUT2D eigenvalue weighted by Crippen LogP contribution is -2.65. The van der Waals surface area contributed by atoms with Crippen LogP contribution >= 0.6 is 0 Å². The van der Waals surface area contributed by atoms with E-state index < -0.39 is 5.97 Å². The van der Waals surface area contributed by atoms with Gasteiger partial charge in [0.1, 0.15) is 0 Å². The highest BCUT2D eigenvalue weighted by Gasteiger charge is 2.70. The van der Waals surface area contributed by atoms with Crippen LogP contribution < -0.4 is 5.32 Å². The molecule has 9 atom stereocenters. The standard InChI is InChI=1S/C43H61N3O2/c1-29(2)32-15-20-43(27-44-23-8-25-46-26-24-45-28-46)22-21-41(6)34(37(32)43)13-14-36-40(5)18-16-33(30-9-11-31(12-10-30)38(47)48)39(3,4)35(40)17-19-42(36,41)7/h9-12,16,24,26,28,32,34-37,44H,1,8,13-15,17-23,25,27H2,2-7H3,(H,47,48)/t32-,34?,35-,36+,37+,40-,41+,42+,43+/m0/s1. The Kier molecular flexibility index (Phi) is 8.45. The number of carboxylic acids is 1. The van der Waals surface area contributed by atoms with Crippen molar-refractivity contribution in [1.82, 2.24) is 14.9 Å².